The lowest BCUT2D eigenvalue weighted by Gasteiger charge is -2.18. The van der Waals surface area contributed by atoms with Gasteiger partial charge in [0.25, 0.3) is 0 Å². The summed E-state index contributed by atoms with van der Waals surface area (Å²) in [4.78, 5) is 12.0. The summed E-state index contributed by atoms with van der Waals surface area (Å²) in [6, 6.07) is 17.2. The number of amides is 2. The molecule has 0 aromatic heterocycles. The van der Waals surface area contributed by atoms with Crippen LogP contribution in [0.2, 0.25) is 0 Å². The Bertz CT molecular complexity index is 554. The first kappa shape index (κ1) is 14.6. The zero-order valence-electron chi connectivity index (χ0n) is 11.3. The molecule has 2 N–H and O–H groups in total. The van der Waals surface area contributed by atoms with Crippen LogP contribution in [0, 0.1) is 0 Å². The van der Waals surface area contributed by atoms with Crippen molar-refractivity contribution >= 4 is 27.6 Å². The number of halogens is 1. The van der Waals surface area contributed by atoms with Gasteiger partial charge in [-0.05, 0) is 36.2 Å². The third kappa shape index (κ3) is 4.10. The third-order valence-corrected chi connectivity index (χ3v) is 3.55. The maximum absolute atomic E-state index is 12.0. The Hall–Kier alpha value is -1.81. The second-order valence-electron chi connectivity index (χ2n) is 4.48. The second-order valence-corrected chi connectivity index (χ2v) is 5.39. The van der Waals surface area contributed by atoms with Crippen LogP contribution in [-0.4, -0.2) is 6.03 Å². The van der Waals surface area contributed by atoms with Gasteiger partial charge in [0.2, 0.25) is 0 Å². The summed E-state index contributed by atoms with van der Waals surface area (Å²) < 4.78 is 1.03. The molecule has 0 aliphatic heterocycles. The first-order chi connectivity index (χ1) is 9.69. The van der Waals surface area contributed by atoms with E-state index in [0.717, 1.165) is 22.1 Å². The van der Waals surface area contributed by atoms with Crippen LogP contribution in [0.4, 0.5) is 10.5 Å². The molecule has 1 atom stereocenters. The minimum absolute atomic E-state index is 0.00631. The summed E-state index contributed by atoms with van der Waals surface area (Å²) >= 11 is 3.41. The highest BCUT2D eigenvalue weighted by molar-refractivity contribution is 9.10. The van der Waals surface area contributed by atoms with E-state index in [-0.39, 0.29) is 12.1 Å². The van der Waals surface area contributed by atoms with Gasteiger partial charge in [-0.2, -0.15) is 0 Å². The molecule has 4 heteroatoms. The molecule has 0 spiro atoms. The van der Waals surface area contributed by atoms with Crippen LogP contribution in [0.3, 0.4) is 0 Å². The second kappa shape index (κ2) is 7.10. The van der Waals surface area contributed by atoms with Gasteiger partial charge < -0.3 is 10.6 Å². The summed E-state index contributed by atoms with van der Waals surface area (Å²) in [6.07, 6.45) is 0.837. The first-order valence-corrected chi connectivity index (χ1v) is 7.36. The normalized spacial score (nSPS) is 11.7. The summed E-state index contributed by atoms with van der Waals surface area (Å²) in [7, 11) is 0. The van der Waals surface area contributed by atoms with Crippen LogP contribution in [0.5, 0.6) is 0 Å². The maximum Gasteiger partial charge on any atom is 0.319 e. The van der Waals surface area contributed by atoms with Gasteiger partial charge in [0, 0.05) is 10.2 Å². The molecular formula is C16H17BrN2O. The predicted octanol–water partition coefficient (Wildman–Crippen LogP) is 4.72. The van der Waals surface area contributed by atoms with Crippen molar-refractivity contribution in [2.45, 2.75) is 19.4 Å². The van der Waals surface area contributed by atoms with E-state index in [9.17, 15) is 4.79 Å². The van der Waals surface area contributed by atoms with Gasteiger partial charge in [-0.1, -0.05) is 53.2 Å². The zero-order chi connectivity index (χ0) is 14.4. The van der Waals surface area contributed by atoms with E-state index in [1.165, 1.54) is 0 Å². The quantitative estimate of drug-likeness (QED) is 0.835. The van der Waals surface area contributed by atoms with E-state index < -0.39 is 0 Å². The average Bonchev–Trinajstić information content (AvgIpc) is 2.47. The van der Waals surface area contributed by atoms with Gasteiger partial charge in [-0.25, -0.2) is 4.79 Å². The van der Waals surface area contributed by atoms with E-state index in [0.29, 0.717) is 0 Å². The van der Waals surface area contributed by atoms with Gasteiger partial charge in [-0.15, -0.1) is 0 Å². The topological polar surface area (TPSA) is 41.1 Å². The highest BCUT2D eigenvalue weighted by Crippen LogP contribution is 2.19. The lowest BCUT2D eigenvalue weighted by atomic mass is 10.1. The Morgan fingerprint density at radius 1 is 1.10 bits per heavy atom. The number of para-hydroxylation sites is 1. The summed E-state index contributed by atoms with van der Waals surface area (Å²) in [6.45, 7) is 2.05. The molecule has 2 aromatic carbocycles. The number of rotatable bonds is 4. The van der Waals surface area contributed by atoms with Crippen LogP contribution in [0.1, 0.15) is 24.9 Å². The minimum atomic E-state index is -0.189. The average molecular weight is 333 g/mol. The molecule has 2 aromatic rings. The molecule has 20 heavy (non-hydrogen) atoms. The molecule has 0 bridgehead atoms. The smallest absolute Gasteiger partial charge is 0.319 e. The van der Waals surface area contributed by atoms with Crippen molar-refractivity contribution in [1.82, 2.24) is 5.32 Å². The monoisotopic (exact) mass is 332 g/mol. The van der Waals surface area contributed by atoms with Gasteiger partial charge >= 0.3 is 6.03 Å². The molecule has 104 valence electrons. The summed E-state index contributed by atoms with van der Waals surface area (Å²) in [5.74, 6) is 0. The number of nitrogens with one attached hydrogen (secondary N) is 2. The number of urea groups is 1. The van der Waals surface area contributed by atoms with Gasteiger partial charge in [-0.3, -0.25) is 0 Å². The first-order valence-electron chi connectivity index (χ1n) is 6.57. The van der Waals surface area contributed by atoms with E-state index >= 15 is 0 Å². The number of anilines is 1. The fraction of sp³-hybridized carbons (Fsp3) is 0.188. The maximum atomic E-state index is 12.0. The number of carbonyl (C=O) groups excluding carboxylic acids is 1. The minimum Gasteiger partial charge on any atom is -0.331 e. The molecule has 0 saturated carbocycles. The van der Waals surface area contributed by atoms with Gasteiger partial charge in [0.1, 0.15) is 0 Å². The molecule has 0 radical (unpaired) electrons. The van der Waals surface area contributed by atoms with Gasteiger partial charge in [0.05, 0.1) is 6.04 Å². The molecule has 0 aliphatic rings. The van der Waals surface area contributed by atoms with Crippen molar-refractivity contribution in [2.24, 2.45) is 0 Å². The molecule has 0 fully saturated rings. The molecular weight excluding hydrogens is 316 g/mol. The molecule has 0 aliphatic carbocycles. The van der Waals surface area contributed by atoms with Crippen LogP contribution < -0.4 is 10.6 Å². The molecule has 2 rings (SSSR count). The van der Waals surface area contributed by atoms with Gasteiger partial charge in [0.15, 0.2) is 0 Å². The van der Waals surface area contributed by atoms with Crippen LogP contribution >= 0.6 is 15.9 Å². The predicted molar refractivity (Wildman–Crippen MR) is 85.8 cm³/mol. The fourth-order valence-corrected chi connectivity index (χ4v) is 2.23. The van der Waals surface area contributed by atoms with E-state index in [1.54, 1.807) is 0 Å². The highest BCUT2D eigenvalue weighted by atomic mass is 79.9. The Balaban J connectivity index is 1.99. The van der Waals surface area contributed by atoms with Crippen LogP contribution in [-0.2, 0) is 0 Å². The van der Waals surface area contributed by atoms with Crippen molar-refractivity contribution in [3.8, 4) is 0 Å². The molecule has 0 saturated heterocycles. The Morgan fingerprint density at radius 2 is 1.75 bits per heavy atom. The molecule has 3 nitrogen and oxygen atoms in total. The fourth-order valence-electron chi connectivity index (χ4n) is 1.96. The Kier molecular flexibility index (Phi) is 5.18. The Labute approximate surface area is 127 Å². The standard InChI is InChI=1S/C16H17BrN2O/c1-2-15(12-8-10-13(17)11-9-12)19-16(20)18-14-6-4-3-5-7-14/h3-11,15H,2H2,1H3,(H2,18,19,20). The number of benzene rings is 2. The highest BCUT2D eigenvalue weighted by Gasteiger charge is 2.12. The van der Waals surface area contributed by atoms with E-state index in [1.807, 2.05) is 54.6 Å². The largest absolute Gasteiger partial charge is 0.331 e. The third-order valence-electron chi connectivity index (χ3n) is 3.02. The lowest BCUT2D eigenvalue weighted by molar-refractivity contribution is 0.248. The molecule has 1 unspecified atom stereocenters. The van der Waals surface area contributed by atoms with Crippen LogP contribution in [0.25, 0.3) is 0 Å². The van der Waals surface area contributed by atoms with Crippen molar-refractivity contribution in [3.63, 3.8) is 0 Å². The lowest BCUT2D eigenvalue weighted by Crippen LogP contribution is -2.32. The van der Waals surface area contributed by atoms with Crippen molar-refractivity contribution in [2.75, 3.05) is 5.32 Å². The summed E-state index contributed by atoms with van der Waals surface area (Å²) in [5.41, 5.74) is 1.88. The van der Waals surface area contributed by atoms with Crippen molar-refractivity contribution in [1.29, 1.82) is 0 Å². The number of carbonyl (C=O) groups is 1. The number of hydrogen-bond acceptors (Lipinski definition) is 1. The van der Waals surface area contributed by atoms with E-state index in [4.69, 9.17) is 0 Å². The Morgan fingerprint density at radius 3 is 2.35 bits per heavy atom. The summed E-state index contributed by atoms with van der Waals surface area (Å²) in [5, 5.41) is 5.81. The number of hydrogen-bond donors (Lipinski definition) is 2. The molecule has 2 amide bonds. The zero-order valence-corrected chi connectivity index (χ0v) is 12.9. The molecule has 0 heterocycles. The van der Waals surface area contributed by atoms with E-state index in [2.05, 4.69) is 33.5 Å². The van der Waals surface area contributed by atoms with Crippen molar-refractivity contribution < 1.29 is 4.79 Å². The SMILES string of the molecule is CCC(NC(=O)Nc1ccccc1)c1ccc(Br)cc1. The van der Waals surface area contributed by atoms with Crippen LogP contribution in [0.15, 0.2) is 59.1 Å². The van der Waals surface area contributed by atoms with Crippen molar-refractivity contribution in [3.05, 3.63) is 64.6 Å².